The number of nitrogens with one attached hydrogen (secondary N) is 1. The molecule has 0 radical (unpaired) electrons. The summed E-state index contributed by atoms with van der Waals surface area (Å²) < 4.78 is 41.2. The highest BCUT2D eigenvalue weighted by Gasteiger charge is 2.32. The van der Waals surface area contributed by atoms with E-state index in [1.807, 2.05) is 16.3 Å². The number of rotatable bonds is 3. The summed E-state index contributed by atoms with van der Waals surface area (Å²) in [6.45, 7) is 2.68. The lowest BCUT2D eigenvalue weighted by atomic mass is 10.00. The maximum atomic E-state index is 14.3. The van der Waals surface area contributed by atoms with Crippen LogP contribution in [0.1, 0.15) is 16.5 Å². The van der Waals surface area contributed by atoms with Crippen LogP contribution in [-0.2, 0) is 0 Å². The van der Waals surface area contributed by atoms with Crippen LogP contribution in [0.25, 0.3) is 0 Å². The van der Waals surface area contributed by atoms with Gasteiger partial charge in [-0.1, -0.05) is 6.07 Å². The van der Waals surface area contributed by atoms with Gasteiger partial charge in [-0.15, -0.1) is 36.2 Å². The van der Waals surface area contributed by atoms with E-state index in [9.17, 15) is 18.3 Å². The van der Waals surface area contributed by atoms with Crippen molar-refractivity contribution in [1.29, 1.82) is 0 Å². The number of phenolic OH excluding ortho intramolecular Hbond substituents is 1. The first kappa shape index (κ1) is 21.1. The average molecular weight is 401 g/mol. The van der Waals surface area contributed by atoms with Crippen molar-refractivity contribution in [2.24, 2.45) is 0 Å². The maximum absolute atomic E-state index is 14.3. The lowest BCUT2D eigenvalue weighted by Crippen LogP contribution is -2.45. The highest BCUT2D eigenvalue weighted by molar-refractivity contribution is 7.10. The number of halogens is 5. The molecule has 0 bridgehead atoms. The van der Waals surface area contributed by atoms with Crippen molar-refractivity contribution < 1.29 is 18.3 Å². The number of nitrogens with zero attached hydrogens (tertiary/aromatic N) is 1. The minimum absolute atomic E-state index is 0. The van der Waals surface area contributed by atoms with Gasteiger partial charge in [0.1, 0.15) is 5.75 Å². The van der Waals surface area contributed by atoms with Crippen LogP contribution in [0.2, 0.25) is 0 Å². The maximum Gasteiger partial charge on any atom is 0.195 e. The normalized spacial score (nSPS) is 16.1. The van der Waals surface area contributed by atoms with Crippen molar-refractivity contribution in [3.05, 3.63) is 51.5 Å². The van der Waals surface area contributed by atoms with Crippen LogP contribution in [0.3, 0.4) is 0 Å². The van der Waals surface area contributed by atoms with E-state index < -0.39 is 29.2 Å². The van der Waals surface area contributed by atoms with E-state index in [2.05, 4.69) is 5.32 Å². The molecule has 3 nitrogen and oxygen atoms in total. The third-order valence-electron chi connectivity index (χ3n) is 3.78. The fourth-order valence-electron chi connectivity index (χ4n) is 2.75. The van der Waals surface area contributed by atoms with E-state index in [1.54, 1.807) is 6.07 Å². The van der Waals surface area contributed by atoms with Gasteiger partial charge in [-0.2, -0.15) is 0 Å². The van der Waals surface area contributed by atoms with Crippen molar-refractivity contribution in [3.63, 3.8) is 0 Å². The predicted molar refractivity (Wildman–Crippen MR) is 93.1 cm³/mol. The summed E-state index contributed by atoms with van der Waals surface area (Å²) in [5.41, 5.74) is -0.205. The number of thiophene rings is 1. The molecule has 2 N–H and O–H groups in total. The summed E-state index contributed by atoms with van der Waals surface area (Å²) >= 11 is 1.39. The molecule has 0 amide bonds. The van der Waals surface area contributed by atoms with Gasteiger partial charge in [0.2, 0.25) is 0 Å². The summed E-state index contributed by atoms with van der Waals surface area (Å²) in [7, 11) is 0. The lowest BCUT2D eigenvalue weighted by molar-refractivity contribution is 0.193. The lowest BCUT2D eigenvalue weighted by Gasteiger charge is -2.35. The third kappa shape index (κ3) is 3.97. The van der Waals surface area contributed by atoms with Gasteiger partial charge in [-0.05, 0) is 11.4 Å². The number of benzene rings is 1. The second-order valence-corrected chi connectivity index (χ2v) is 6.10. The summed E-state index contributed by atoms with van der Waals surface area (Å²) in [4.78, 5) is 2.74. The van der Waals surface area contributed by atoms with Crippen LogP contribution in [0.5, 0.6) is 5.75 Å². The smallest absolute Gasteiger partial charge is 0.195 e. The van der Waals surface area contributed by atoms with Crippen LogP contribution in [-0.4, -0.2) is 36.2 Å². The molecular formula is C15H17Cl2F3N2OS. The Morgan fingerprint density at radius 1 is 1.12 bits per heavy atom. The molecule has 1 aliphatic rings. The molecule has 0 unspecified atom stereocenters. The van der Waals surface area contributed by atoms with E-state index in [-0.39, 0.29) is 30.4 Å². The molecule has 3 rings (SSSR count). The SMILES string of the molecule is Cl.Cl.Oc1cc(F)c(F)c(F)c1[C@H](c1cccs1)N1CCNCC1. The molecule has 1 aliphatic heterocycles. The fourth-order valence-corrected chi connectivity index (χ4v) is 3.62. The van der Waals surface area contributed by atoms with Crippen molar-refractivity contribution in [2.45, 2.75) is 6.04 Å². The molecule has 1 saturated heterocycles. The summed E-state index contributed by atoms with van der Waals surface area (Å²) in [6.07, 6.45) is 0. The van der Waals surface area contributed by atoms with Gasteiger partial charge in [0.15, 0.2) is 17.5 Å². The first-order chi connectivity index (χ1) is 10.6. The van der Waals surface area contributed by atoms with Crippen molar-refractivity contribution in [3.8, 4) is 5.75 Å². The van der Waals surface area contributed by atoms with Gasteiger partial charge in [0, 0.05) is 37.1 Å². The van der Waals surface area contributed by atoms with Gasteiger partial charge in [0.25, 0.3) is 0 Å². The molecule has 1 aromatic heterocycles. The molecule has 0 saturated carbocycles. The van der Waals surface area contributed by atoms with E-state index in [1.165, 1.54) is 11.3 Å². The van der Waals surface area contributed by atoms with E-state index in [0.717, 1.165) is 4.88 Å². The first-order valence-corrected chi connectivity index (χ1v) is 7.82. The van der Waals surface area contributed by atoms with E-state index in [0.29, 0.717) is 32.2 Å². The molecule has 24 heavy (non-hydrogen) atoms. The average Bonchev–Trinajstić information content (AvgIpc) is 3.04. The summed E-state index contributed by atoms with van der Waals surface area (Å²) in [6, 6.07) is 3.62. The Balaban J connectivity index is 0.00000144. The molecular weight excluding hydrogens is 384 g/mol. The number of hydrogen-bond acceptors (Lipinski definition) is 4. The number of hydrogen-bond donors (Lipinski definition) is 2. The molecule has 1 aromatic carbocycles. The van der Waals surface area contributed by atoms with Crippen molar-refractivity contribution in [2.75, 3.05) is 26.2 Å². The van der Waals surface area contributed by atoms with Gasteiger partial charge in [0.05, 0.1) is 11.6 Å². The van der Waals surface area contributed by atoms with Gasteiger partial charge < -0.3 is 10.4 Å². The molecule has 134 valence electrons. The second kappa shape index (κ2) is 8.92. The topological polar surface area (TPSA) is 35.5 Å². The monoisotopic (exact) mass is 400 g/mol. The van der Waals surface area contributed by atoms with Gasteiger partial charge in [-0.3, -0.25) is 4.90 Å². The largest absolute Gasteiger partial charge is 0.507 e. The standard InChI is InChI=1S/C15H15F3N2OS.2ClH/c16-9-8-10(21)12(14(18)13(9)17)15(11-2-1-7-22-11)20-5-3-19-4-6-20;;/h1-2,7-8,15,19,21H,3-6H2;2*1H/t15-;;/m0../s1. The van der Waals surface area contributed by atoms with Crippen LogP contribution in [0.4, 0.5) is 13.2 Å². The van der Waals surface area contributed by atoms with E-state index >= 15 is 0 Å². The van der Waals surface area contributed by atoms with Crippen LogP contribution >= 0.6 is 36.2 Å². The quantitative estimate of drug-likeness (QED) is 0.770. The molecule has 0 aliphatic carbocycles. The Morgan fingerprint density at radius 3 is 2.38 bits per heavy atom. The Bertz CT molecular complexity index is 667. The van der Waals surface area contributed by atoms with Crippen molar-refractivity contribution >= 4 is 36.2 Å². The zero-order valence-corrected chi connectivity index (χ0v) is 14.9. The Hall–Kier alpha value is -0.990. The number of phenols is 1. The highest BCUT2D eigenvalue weighted by atomic mass is 35.5. The van der Waals surface area contributed by atoms with E-state index in [4.69, 9.17) is 0 Å². The minimum Gasteiger partial charge on any atom is -0.507 e. The highest BCUT2D eigenvalue weighted by Crippen LogP contribution is 2.39. The van der Waals surface area contributed by atoms with Crippen molar-refractivity contribution in [1.82, 2.24) is 10.2 Å². The van der Waals surface area contributed by atoms with Gasteiger partial charge >= 0.3 is 0 Å². The fraction of sp³-hybridized carbons (Fsp3) is 0.333. The van der Waals surface area contributed by atoms with Gasteiger partial charge in [-0.25, -0.2) is 13.2 Å². The van der Waals surface area contributed by atoms with Crippen LogP contribution < -0.4 is 5.32 Å². The summed E-state index contributed by atoms with van der Waals surface area (Å²) in [5, 5.41) is 15.0. The number of piperazine rings is 1. The molecule has 0 spiro atoms. The Kier molecular flexibility index (Phi) is 7.82. The van der Waals surface area contributed by atoms with Crippen LogP contribution in [0.15, 0.2) is 23.6 Å². The summed E-state index contributed by atoms with van der Waals surface area (Å²) in [5.74, 6) is -4.82. The zero-order chi connectivity index (χ0) is 15.7. The zero-order valence-electron chi connectivity index (χ0n) is 12.5. The molecule has 9 heteroatoms. The molecule has 1 fully saturated rings. The minimum atomic E-state index is -1.55. The molecule has 2 heterocycles. The molecule has 2 aromatic rings. The molecule has 1 atom stereocenters. The first-order valence-electron chi connectivity index (χ1n) is 6.94. The van der Waals surface area contributed by atoms with Crippen LogP contribution in [0, 0.1) is 17.5 Å². The second-order valence-electron chi connectivity index (χ2n) is 5.12. The Morgan fingerprint density at radius 2 is 1.79 bits per heavy atom. The third-order valence-corrected chi connectivity index (χ3v) is 4.71. The Labute approximate surface area is 154 Å². The predicted octanol–water partition coefficient (Wildman–Crippen LogP) is 3.71. The number of aromatic hydroxyl groups is 1.